The number of fused-ring (bicyclic) bond motifs is 1. The van der Waals surface area contributed by atoms with Crippen LogP contribution in [-0.4, -0.2) is 22.9 Å². The predicted molar refractivity (Wildman–Crippen MR) is 68.8 cm³/mol. The van der Waals surface area contributed by atoms with E-state index in [-0.39, 0.29) is 23.4 Å². The van der Waals surface area contributed by atoms with Crippen molar-refractivity contribution in [3.63, 3.8) is 0 Å². The second-order valence-electron chi connectivity index (χ2n) is 3.90. The van der Waals surface area contributed by atoms with Crippen LogP contribution in [0.4, 0.5) is 0 Å². The van der Waals surface area contributed by atoms with Crippen molar-refractivity contribution >= 4 is 17.6 Å². The smallest absolute Gasteiger partial charge is 0.356 e. The summed E-state index contributed by atoms with van der Waals surface area (Å²) in [7, 11) is 0. The summed E-state index contributed by atoms with van der Waals surface area (Å²) in [5, 5.41) is 9.00. The summed E-state index contributed by atoms with van der Waals surface area (Å²) >= 11 is 5.74. The molecule has 20 heavy (non-hydrogen) atoms. The number of pyridine rings is 1. The zero-order valence-corrected chi connectivity index (χ0v) is 10.8. The molecule has 0 atom stereocenters. The molecule has 0 spiro atoms. The number of hydrogen-bond acceptors (Lipinski definition) is 5. The van der Waals surface area contributed by atoms with Crippen molar-refractivity contribution in [3.8, 4) is 23.1 Å². The molecular weight excluding hydrogens is 286 g/mol. The third-order valence-electron chi connectivity index (χ3n) is 2.59. The number of carboxylic acids is 1. The van der Waals surface area contributed by atoms with E-state index in [1.807, 2.05) is 0 Å². The highest BCUT2D eigenvalue weighted by Crippen LogP contribution is 2.36. The van der Waals surface area contributed by atoms with Crippen molar-refractivity contribution in [2.75, 3.05) is 6.79 Å². The van der Waals surface area contributed by atoms with Gasteiger partial charge < -0.3 is 19.3 Å². The first kappa shape index (κ1) is 12.6. The third kappa shape index (κ3) is 2.33. The molecule has 2 heterocycles. The van der Waals surface area contributed by atoms with Crippen LogP contribution in [0.15, 0.2) is 30.3 Å². The average molecular weight is 294 g/mol. The molecule has 6 nitrogen and oxygen atoms in total. The van der Waals surface area contributed by atoms with Crippen LogP contribution in [0.3, 0.4) is 0 Å². The first-order valence-corrected chi connectivity index (χ1v) is 5.98. The minimum atomic E-state index is -1.22. The standard InChI is InChI=1S/C13H8ClNO5/c14-8-2-4-11(15-12(8)13(16)17)20-7-1-3-9-10(5-7)19-6-18-9/h1-5H,6H2,(H,16,17). The van der Waals surface area contributed by atoms with Gasteiger partial charge in [-0.2, -0.15) is 0 Å². The molecule has 0 radical (unpaired) electrons. The van der Waals surface area contributed by atoms with Crippen LogP contribution in [0.2, 0.25) is 5.02 Å². The lowest BCUT2D eigenvalue weighted by atomic mass is 10.3. The van der Waals surface area contributed by atoms with Gasteiger partial charge >= 0.3 is 5.97 Å². The van der Waals surface area contributed by atoms with Crippen LogP contribution >= 0.6 is 11.6 Å². The number of ether oxygens (including phenoxy) is 3. The van der Waals surface area contributed by atoms with Gasteiger partial charge in [0.25, 0.3) is 0 Å². The number of benzene rings is 1. The first-order chi connectivity index (χ1) is 9.63. The number of aromatic nitrogens is 1. The minimum absolute atomic E-state index is 0.0514. The number of halogens is 1. The van der Waals surface area contributed by atoms with Gasteiger partial charge in [-0.3, -0.25) is 0 Å². The van der Waals surface area contributed by atoms with E-state index in [1.54, 1.807) is 18.2 Å². The number of aromatic carboxylic acids is 1. The van der Waals surface area contributed by atoms with E-state index in [1.165, 1.54) is 12.1 Å². The molecule has 0 aliphatic carbocycles. The summed E-state index contributed by atoms with van der Waals surface area (Å²) in [4.78, 5) is 14.8. The van der Waals surface area contributed by atoms with Crippen LogP contribution in [0.5, 0.6) is 23.1 Å². The van der Waals surface area contributed by atoms with E-state index in [9.17, 15) is 4.79 Å². The molecular formula is C13H8ClNO5. The van der Waals surface area contributed by atoms with Crippen molar-refractivity contribution in [1.29, 1.82) is 0 Å². The molecule has 1 aliphatic heterocycles. The maximum atomic E-state index is 10.9. The predicted octanol–water partition coefficient (Wildman–Crippen LogP) is 2.95. The Balaban J connectivity index is 1.88. The van der Waals surface area contributed by atoms with Crippen molar-refractivity contribution in [1.82, 2.24) is 4.98 Å². The zero-order chi connectivity index (χ0) is 14.1. The van der Waals surface area contributed by atoms with E-state index < -0.39 is 5.97 Å². The molecule has 0 amide bonds. The topological polar surface area (TPSA) is 77.9 Å². The summed E-state index contributed by atoms with van der Waals surface area (Å²) in [6, 6.07) is 7.91. The highest BCUT2D eigenvalue weighted by molar-refractivity contribution is 6.33. The highest BCUT2D eigenvalue weighted by Gasteiger charge is 2.16. The molecule has 0 fully saturated rings. The molecule has 1 aromatic heterocycles. The van der Waals surface area contributed by atoms with E-state index in [2.05, 4.69) is 4.98 Å². The Bertz CT molecular complexity index is 688. The van der Waals surface area contributed by atoms with Crippen LogP contribution in [0.1, 0.15) is 10.5 Å². The molecule has 0 saturated carbocycles. The SMILES string of the molecule is O=C(O)c1nc(Oc2ccc3c(c2)OCO3)ccc1Cl. The summed E-state index contributed by atoms with van der Waals surface area (Å²) in [6.07, 6.45) is 0. The molecule has 102 valence electrons. The van der Waals surface area contributed by atoms with Crippen LogP contribution in [0.25, 0.3) is 0 Å². The van der Waals surface area contributed by atoms with Gasteiger partial charge in [-0.05, 0) is 18.2 Å². The monoisotopic (exact) mass is 293 g/mol. The number of carboxylic acid groups (broad SMARTS) is 1. The average Bonchev–Trinajstić information content (AvgIpc) is 2.88. The molecule has 1 aromatic carbocycles. The van der Waals surface area contributed by atoms with E-state index >= 15 is 0 Å². The van der Waals surface area contributed by atoms with Crippen molar-refractivity contribution in [2.45, 2.75) is 0 Å². The fourth-order valence-electron chi connectivity index (χ4n) is 1.69. The largest absolute Gasteiger partial charge is 0.476 e. The first-order valence-electron chi connectivity index (χ1n) is 5.61. The van der Waals surface area contributed by atoms with Gasteiger partial charge in [0.15, 0.2) is 17.2 Å². The Hall–Kier alpha value is -2.47. The van der Waals surface area contributed by atoms with Crippen molar-refractivity contribution in [2.24, 2.45) is 0 Å². The van der Waals surface area contributed by atoms with Crippen molar-refractivity contribution in [3.05, 3.63) is 41.0 Å². The Morgan fingerprint density at radius 3 is 2.85 bits per heavy atom. The summed E-state index contributed by atoms with van der Waals surface area (Å²) in [5.74, 6) is 0.569. The van der Waals surface area contributed by atoms with Crippen LogP contribution < -0.4 is 14.2 Å². The number of carbonyl (C=O) groups is 1. The fourth-order valence-corrected chi connectivity index (χ4v) is 1.88. The number of rotatable bonds is 3. The van der Waals surface area contributed by atoms with E-state index in [0.29, 0.717) is 17.2 Å². The van der Waals surface area contributed by atoms with Gasteiger partial charge in [0, 0.05) is 12.1 Å². The van der Waals surface area contributed by atoms with Gasteiger partial charge in [-0.25, -0.2) is 9.78 Å². The fraction of sp³-hybridized carbons (Fsp3) is 0.0769. The summed E-state index contributed by atoms with van der Waals surface area (Å²) in [6.45, 7) is 0.168. The zero-order valence-electron chi connectivity index (χ0n) is 10.00. The maximum Gasteiger partial charge on any atom is 0.356 e. The molecule has 7 heteroatoms. The molecule has 0 saturated heterocycles. The molecule has 0 unspecified atom stereocenters. The van der Waals surface area contributed by atoms with E-state index in [0.717, 1.165) is 0 Å². The summed E-state index contributed by atoms with van der Waals surface area (Å²) in [5.41, 5.74) is -0.259. The molecule has 3 rings (SSSR count). The maximum absolute atomic E-state index is 10.9. The quantitative estimate of drug-likeness (QED) is 0.937. The number of nitrogens with zero attached hydrogens (tertiary/aromatic N) is 1. The second kappa shape index (κ2) is 4.90. The summed E-state index contributed by atoms with van der Waals surface area (Å²) < 4.78 is 15.9. The van der Waals surface area contributed by atoms with Gasteiger partial charge in [0.05, 0.1) is 5.02 Å². The van der Waals surface area contributed by atoms with Gasteiger partial charge in [-0.1, -0.05) is 11.6 Å². The second-order valence-corrected chi connectivity index (χ2v) is 4.31. The Morgan fingerprint density at radius 2 is 2.05 bits per heavy atom. The highest BCUT2D eigenvalue weighted by atomic mass is 35.5. The van der Waals surface area contributed by atoms with Gasteiger partial charge in [0.1, 0.15) is 5.75 Å². The lowest BCUT2D eigenvalue weighted by Gasteiger charge is -2.07. The van der Waals surface area contributed by atoms with Gasteiger partial charge in [0.2, 0.25) is 12.7 Å². The van der Waals surface area contributed by atoms with E-state index in [4.69, 9.17) is 30.9 Å². The lowest BCUT2D eigenvalue weighted by Crippen LogP contribution is -2.02. The van der Waals surface area contributed by atoms with Crippen molar-refractivity contribution < 1.29 is 24.1 Å². The normalized spacial score (nSPS) is 12.2. The Morgan fingerprint density at radius 1 is 1.25 bits per heavy atom. The van der Waals surface area contributed by atoms with Crippen LogP contribution in [-0.2, 0) is 0 Å². The Kier molecular flexibility index (Phi) is 3.08. The molecule has 1 N–H and O–H groups in total. The number of hydrogen-bond donors (Lipinski definition) is 1. The molecule has 2 aromatic rings. The van der Waals surface area contributed by atoms with Crippen LogP contribution in [0, 0.1) is 0 Å². The molecule has 0 bridgehead atoms. The third-order valence-corrected chi connectivity index (χ3v) is 2.89. The van der Waals surface area contributed by atoms with Gasteiger partial charge in [-0.15, -0.1) is 0 Å². The molecule has 1 aliphatic rings. The minimum Gasteiger partial charge on any atom is -0.476 e. The Labute approximate surface area is 118 Å². The lowest BCUT2D eigenvalue weighted by molar-refractivity contribution is 0.0690.